The average molecular weight is 181 g/mol. The minimum absolute atomic E-state index is 0.00231. The van der Waals surface area contributed by atoms with Crippen LogP contribution in [0.2, 0.25) is 0 Å². The standard InChI is InChI=1S/C9H8FNO2/c10-7-4-11-3-6(9(12)13)8(7)5-1-2-5/h3-5H,1-2H2,(H,12,13). The second-order valence-corrected chi connectivity index (χ2v) is 3.16. The summed E-state index contributed by atoms with van der Waals surface area (Å²) in [5, 5.41) is 8.76. The fraction of sp³-hybridized carbons (Fsp3) is 0.333. The molecule has 1 saturated carbocycles. The summed E-state index contributed by atoms with van der Waals surface area (Å²) >= 11 is 0. The summed E-state index contributed by atoms with van der Waals surface area (Å²) in [6, 6.07) is 0. The monoisotopic (exact) mass is 181 g/mol. The molecule has 0 saturated heterocycles. The summed E-state index contributed by atoms with van der Waals surface area (Å²) in [6.45, 7) is 0. The molecule has 0 aliphatic heterocycles. The van der Waals surface area contributed by atoms with Crippen LogP contribution in [0.25, 0.3) is 0 Å². The third-order valence-corrected chi connectivity index (χ3v) is 2.15. The zero-order valence-electron chi connectivity index (χ0n) is 6.83. The molecule has 2 rings (SSSR count). The number of carboxylic acids is 1. The Bertz CT molecular complexity index is 361. The van der Waals surface area contributed by atoms with Gasteiger partial charge >= 0.3 is 5.97 Å². The highest BCUT2D eigenvalue weighted by molar-refractivity contribution is 5.89. The first-order valence-corrected chi connectivity index (χ1v) is 4.07. The van der Waals surface area contributed by atoms with Crippen molar-refractivity contribution < 1.29 is 14.3 Å². The molecule has 0 bridgehead atoms. The lowest BCUT2D eigenvalue weighted by Crippen LogP contribution is -2.04. The van der Waals surface area contributed by atoms with Gasteiger partial charge in [0, 0.05) is 11.8 Å². The lowest BCUT2D eigenvalue weighted by Gasteiger charge is -2.03. The molecule has 13 heavy (non-hydrogen) atoms. The van der Waals surface area contributed by atoms with Crippen molar-refractivity contribution in [1.29, 1.82) is 0 Å². The lowest BCUT2D eigenvalue weighted by atomic mass is 10.1. The summed E-state index contributed by atoms with van der Waals surface area (Å²) in [7, 11) is 0. The first-order valence-electron chi connectivity index (χ1n) is 4.07. The van der Waals surface area contributed by atoms with E-state index < -0.39 is 11.8 Å². The predicted molar refractivity (Wildman–Crippen MR) is 43.1 cm³/mol. The van der Waals surface area contributed by atoms with Gasteiger partial charge in [-0.25, -0.2) is 9.18 Å². The Morgan fingerprint density at radius 1 is 1.54 bits per heavy atom. The molecule has 0 aromatic carbocycles. The predicted octanol–water partition coefficient (Wildman–Crippen LogP) is 1.80. The highest BCUT2D eigenvalue weighted by Crippen LogP contribution is 2.42. The molecular weight excluding hydrogens is 173 g/mol. The van der Waals surface area contributed by atoms with Gasteiger partial charge in [-0.1, -0.05) is 0 Å². The number of aromatic carboxylic acids is 1. The van der Waals surface area contributed by atoms with Crippen LogP contribution in [0.15, 0.2) is 12.4 Å². The molecule has 1 N–H and O–H groups in total. The summed E-state index contributed by atoms with van der Waals surface area (Å²) in [5.74, 6) is -1.51. The Labute approximate surface area is 74.2 Å². The fourth-order valence-corrected chi connectivity index (χ4v) is 1.40. The van der Waals surface area contributed by atoms with Crippen molar-refractivity contribution in [2.24, 2.45) is 0 Å². The van der Waals surface area contributed by atoms with Crippen molar-refractivity contribution in [2.75, 3.05) is 0 Å². The fourth-order valence-electron chi connectivity index (χ4n) is 1.40. The highest BCUT2D eigenvalue weighted by atomic mass is 19.1. The van der Waals surface area contributed by atoms with E-state index in [0.29, 0.717) is 5.56 Å². The van der Waals surface area contributed by atoms with Crippen LogP contribution in [0.1, 0.15) is 34.7 Å². The minimum Gasteiger partial charge on any atom is -0.478 e. The molecular formula is C9H8FNO2. The lowest BCUT2D eigenvalue weighted by molar-refractivity contribution is 0.0694. The van der Waals surface area contributed by atoms with Gasteiger partial charge < -0.3 is 5.11 Å². The maximum atomic E-state index is 13.2. The van der Waals surface area contributed by atoms with E-state index >= 15 is 0 Å². The van der Waals surface area contributed by atoms with Gasteiger partial charge in [0.05, 0.1) is 11.8 Å². The zero-order valence-corrected chi connectivity index (χ0v) is 6.83. The molecule has 0 spiro atoms. The Morgan fingerprint density at radius 2 is 2.23 bits per heavy atom. The van der Waals surface area contributed by atoms with Crippen molar-refractivity contribution in [3.05, 3.63) is 29.3 Å². The van der Waals surface area contributed by atoms with Gasteiger partial charge in [-0.2, -0.15) is 0 Å². The van der Waals surface area contributed by atoms with E-state index in [4.69, 9.17) is 5.11 Å². The molecule has 1 fully saturated rings. The quantitative estimate of drug-likeness (QED) is 0.756. The van der Waals surface area contributed by atoms with E-state index in [0.717, 1.165) is 19.0 Å². The number of aromatic nitrogens is 1. The molecule has 1 aliphatic rings. The molecule has 0 amide bonds. The SMILES string of the molecule is O=C(O)c1cncc(F)c1C1CC1. The molecule has 0 radical (unpaired) electrons. The van der Waals surface area contributed by atoms with Crippen LogP contribution in [0.5, 0.6) is 0 Å². The number of carboxylic acid groups (broad SMARTS) is 1. The number of carbonyl (C=O) groups is 1. The molecule has 4 heteroatoms. The molecule has 0 atom stereocenters. The van der Waals surface area contributed by atoms with E-state index in [9.17, 15) is 9.18 Å². The molecule has 1 aromatic heterocycles. The Morgan fingerprint density at radius 3 is 2.77 bits per heavy atom. The number of nitrogens with zero attached hydrogens (tertiary/aromatic N) is 1. The minimum atomic E-state index is -1.10. The first kappa shape index (κ1) is 8.16. The zero-order chi connectivity index (χ0) is 9.42. The van der Waals surface area contributed by atoms with Gasteiger partial charge in [0.2, 0.25) is 0 Å². The molecule has 3 nitrogen and oxygen atoms in total. The van der Waals surface area contributed by atoms with Gasteiger partial charge in [0.15, 0.2) is 0 Å². The second-order valence-electron chi connectivity index (χ2n) is 3.16. The smallest absolute Gasteiger partial charge is 0.337 e. The second kappa shape index (κ2) is 2.80. The van der Waals surface area contributed by atoms with Crippen molar-refractivity contribution in [2.45, 2.75) is 18.8 Å². The Balaban J connectivity index is 2.53. The number of hydrogen-bond acceptors (Lipinski definition) is 2. The van der Waals surface area contributed by atoms with Crippen molar-refractivity contribution >= 4 is 5.97 Å². The van der Waals surface area contributed by atoms with Crippen molar-refractivity contribution in [1.82, 2.24) is 4.98 Å². The van der Waals surface area contributed by atoms with Crippen LogP contribution >= 0.6 is 0 Å². The van der Waals surface area contributed by atoms with Gasteiger partial charge in [-0.05, 0) is 18.8 Å². The van der Waals surface area contributed by atoms with Crippen molar-refractivity contribution in [3.63, 3.8) is 0 Å². The van der Waals surface area contributed by atoms with E-state index in [-0.39, 0.29) is 11.5 Å². The summed E-state index contributed by atoms with van der Waals surface area (Å²) < 4.78 is 13.2. The van der Waals surface area contributed by atoms with Crippen LogP contribution < -0.4 is 0 Å². The average Bonchev–Trinajstić information content (AvgIpc) is 2.86. The third-order valence-electron chi connectivity index (χ3n) is 2.15. The van der Waals surface area contributed by atoms with E-state index in [1.807, 2.05) is 0 Å². The maximum absolute atomic E-state index is 13.2. The van der Waals surface area contributed by atoms with Gasteiger partial charge in [0.1, 0.15) is 5.82 Å². The normalized spacial score (nSPS) is 15.8. The largest absolute Gasteiger partial charge is 0.478 e. The highest BCUT2D eigenvalue weighted by Gasteiger charge is 2.31. The number of hydrogen-bond donors (Lipinski definition) is 1. The topological polar surface area (TPSA) is 50.2 Å². The van der Waals surface area contributed by atoms with Crippen molar-refractivity contribution in [3.8, 4) is 0 Å². The Kier molecular flexibility index (Phi) is 1.76. The molecule has 1 heterocycles. The van der Waals surface area contributed by atoms with Gasteiger partial charge in [0.25, 0.3) is 0 Å². The van der Waals surface area contributed by atoms with E-state index in [1.54, 1.807) is 0 Å². The van der Waals surface area contributed by atoms with E-state index in [2.05, 4.69) is 4.98 Å². The molecule has 1 aliphatic carbocycles. The molecule has 1 aromatic rings. The summed E-state index contributed by atoms with van der Waals surface area (Å²) in [5.41, 5.74) is 0.324. The van der Waals surface area contributed by atoms with Crippen LogP contribution in [-0.4, -0.2) is 16.1 Å². The Hall–Kier alpha value is -1.45. The van der Waals surface area contributed by atoms with Crippen LogP contribution in [-0.2, 0) is 0 Å². The first-order chi connectivity index (χ1) is 6.20. The third kappa shape index (κ3) is 1.39. The molecule has 68 valence electrons. The summed E-state index contributed by atoms with van der Waals surface area (Å²) in [4.78, 5) is 14.2. The van der Waals surface area contributed by atoms with E-state index in [1.165, 1.54) is 6.20 Å². The summed E-state index contributed by atoms with van der Waals surface area (Å²) in [6.07, 6.45) is 4.03. The van der Waals surface area contributed by atoms with Gasteiger partial charge in [-0.3, -0.25) is 4.98 Å². The van der Waals surface area contributed by atoms with Crippen LogP contribution in [0.3, 0.4) is 0 Å². The molecule has 0 unspecified atom stereocenters. The number of rotatable bonds is 2. The van der Waals surface area contributed by atoms with Crippen LogP contribution in [0, 0.1) is 5.82 Å². The van der Waals surface area contributed by atoms with Gasteiger partial charge in [-0.15, -0.1) is 0 Å². The van der Waals surface area contributed by atoms with Crippen LogP contribution in [0.4, 0.5) is 4.39 Å². The maximum Gasteiger partial charge on any atom is 0.337 e. The number of halogens is 1. The number of pyridine rings is 1.